The number of amides is 2. The van der Waals surface area contributed by atoms with Gasteiger partial charge >= 0.3 is 5.97 Å². The predicted octanol–water partition coefficient (Wildman–Crippen LogP) is 0.830. The maximum absolute atomic E-state index is 12.3. The van der Waals surface area contributed by atoms with Crippen molar-refractivity contribution >= 4 is 27.8 Å². The first kappa shape index (κ1) is 20.6. The van der Waals surface area contributed by atoms with Crippen LogP contribution in [0.3, 0.4) is 0 Å². The van der Waals surface area contributed by atoms with Crippen LogP contribution in [0.4, 0.5) is 0 Å². The summed E-state index contributed by atoms with van der Waals surface area (Å²) in [5, 5.41) is 2.35. The molecule has 0 unspecified atom stereocenters. The summed E-state index contributed by atoms with van der Waals surface area (Å²) < 4.78 is 31.0. The van der Waals surface area contributed by atoms with E-state index in [-0.39, 0.29) is 28.2 Å². The minimum Gasteiger partial charge on any atom is -0.465 e. The van der Waals surface area contributed by atoms with Crippen molar-refractivity contribution in [2.45, 2.75) is 32.1 Å². The number of carbonyl (C=O) groups is 3. The second kappa shape index (κ2) is 8.11. The van der Waals surface area contributed by atoms with Gasteiger partial charge in [-0.15, -0.1) is 0 Å². The third kappa shape index (κ3) is 6.54. The van der Waals surface area contributed by atoms with Crippen molar-refractivity contribution in [1.29, 1.82) is 0 Å². The molecule has 25 heavy (non-hydrogen) atoms. The largest absolute Gasteiger partial charge is 0.465 e. The van der Waals surface area contributed by atoms with Crippen LogP contribution >= 0.6 is 0 Å². The number of carbonyl (C=O) groups excluding carboxylic acids is 3. The van der Waals surface area contributed by atoms with Crippen molar-refractivity contribution < 1.29 is 27.5 Å². The minimum absolute atomic E-state index is 0.193. The smallest absolute Gasteiger partial charge is 0.339 e. The molecule has 0 bridgehead atoms. The topological polar surface area (TPSA) is 119 Å². The molecule has 0 aliphatic heterocycles. The number of hydrogen-bond donors (Lipinski definition) is 2. The number of ether oxygens (including phenoxy) is 1. The molecule has 1 aromatic rings. The lowest BCUT2D eigenvalue weighted by molar-refractivity contribution is -0.126. The molecule has 0 saturated heterocycles. The summed E-state index contributed by atoms with van der Waals surface area (Å²) in [6.07, 6.45) is 0.193. The molecule has 0 fully saturated rings. The van der Waals surface area contributed by atoms with Crippen molar-refractivity contribution in [3.8, 4) is 0 Å². The molecule has 0 spiro atoms. The van der Waals surface area contributed by atoms with Crippen LogP contribution in [-0.2, 0) is 24.3 Å². The van der Waals surface area contributed by atoms with Crippen LogP contribution in [0.5, 0.6) is 0 Å². The zero-order valence-electron chi connectivity index (χ0n) is 14.6. The van der Waals surface area contributed by atoms with Crippen LogP contribution in [-0.4, -0.2) is 39.9 Å². The van der Waals surface area contributed by atoms with Gasteiger partial charge in [-0.2, -0.15) is 0 Å². The Kier molecular flexibility index (Phi) is 6.69. The van der Waals surface area contributed by atoms with Crippen molar-refractivity contribution in [2.24, 2.45) is 5.41 Å². The normalized spacial score (nSPS) is 11.5. The average Bonchev–Trinajstić information content (AvgIpc) is 2.50. The van der Waals surface area contributed by atoms with Crippen LogP contribution in [0.15, 0.2) is 29.2 Å². The van der Waals surface area contributed by atoms with E-state index >= 15 is 0 Å². The minimum atomic E-state index is -4.28. The number of sulfonamides is 1. The van der Waals surface area contributed by atoms with Crippen LogP contribution in [0, 0.1) is 5.41 Å². The second-order valence-corrected chi connectivity index (χ2v) is 8.18. The third-order valence-corrected chi connectivity index (χ3v) is 4.40. The molecular formula is C16H22N2O6S. The van der Waals surface area contributed by atoms with Crippen LogP contribution in [0.1, 0.15) is 37.6 Å². The SMILES string of the molecule is COC(=O)c1ccccc1S(=O)(=O)NC(=O)CNC(=O)CC(C)(C)C. The summed E-state index contributed by atoms with van der Waals surface area (Å²) >= 11 is 0. The maximum Gasteiger partial charge on any atom is 0.339 e. The lowest BCUT2D eigenvalue weighted by Crippen LogP contribution is -2.40. The molecule has 138 valence electrons. The molecule has 8 nitrogen and oxygen atoms in total. The van der Waals surface area contributed by atoms with E-state index in [0.717, 1.165) is 7.11 Å². The number of rotatable bonds is 6. The van der Waals surface area contributed by atoms with Gasteiger partial charge in [-0.05, 0) is 17.5 Å². The molecule has 1 aromatic carbocycles. The molecule has 0 radical (unpaired) electrons. The van der Waals surface area contributed by atoms with Crippen LogP contribution < -0.4 is 10.0 Å². The van der Waals surface area contributed by atoms with E-state index < -0.39 is 28.4 Å². The zero-order valence-corrected chi connectivity index (χ0v) is 15.4. The molecule has 2 amide bonds. The van der Waals surface area contributed by atoms with Gasteiger partial charge in [-0.3, -0.25) is 9.59 Å². The molecular weight excluding hydrogens is 348 g/mol. The monoisotopic (exact) mass is 370 g/mol. The average molecular weight is 370 g/mol. The van der Waals surface area contributed by atoms with E-state index in [1.165, 1.54) is 24.3 Å². The molecule has 0 heterocycles. The Labute approximate surface area is 147 Å². The first-order chi connectivity index (χ1) is 11.5. The molecule has 0 atom stereocenters. The van der Waals surface area contributed by atoms with Crippen molar-refractivity contribution in [1.82, 2.24) is 10.0 Å². The highest BCUT2D eigenvalue weighted by Gasteiger charge is 2.25. The zero-order chi connectivity index (χ0) is 19.3. The molecule has 1 rings (SSSR count). The lowest BCUT2D eigenvalue weighted by atomic mass is 9.92. The molecule has 9 heteroatoms. The van der Waals surface area contributed by atoms with Gasteiger partial charge in [-0.25, -0.2) is 17.9 Å². The van der Waals surface area contributed by atoms with E-state index in [4.69, 9.17) is 0 Å². The molecule has 0 aliphatic carbocycles. The summed E-state index contributed by atoms with van der Waals surface area (Å²) in [4.78, 5) is 34.8. The Morgan fingerprint density at radius 1 is 1.08 bits per heavy atom. The number of benzene rings is 1. The molecule has 0 aliphatic rings. The quantitative estimate of drug-likeness (QED) is 0.716. The Bertz CT molecular complexity index is 765. The van der Waals surface area contributed by atoms with E-state index in [1.54, 1.807) is 0 Å². The Morgan fingerprint density at radius 2 is 1.68 bits per heavy atom. The lowest BCUT2D eigenvalue weighted by Gasteiger charge is -2.17. The number of hydrogen-bond acceptors (Lipinski definition) is 6. The summed E-state index contributed by atoms with van der Waals surface area (Å²) in [5.41, 5.74) is -0.450. The van der Waals surface area contributed by atoms with Crippen LogP contribution in [0.2, 0.25) is 0 Å². The van der Waals surface area contributed by atoms with Crippen molar-refractivity contribution in [3.05, 3.63) is 29.8 Å². The highest BCUT2D eigenvalue weighted by Crippen LogP contribution is 2.18. The maximum atomic E-state index is 12.3. The predicted molar refractivity (Wildman–Crippen MR) is 90.2 cm³/mol. The van der Waals surface area contributed by atoms with Gasteiger partial charge < -0.3 is 10.1 Å². The van der Waals surface area contributed by atoms with Crippen molar-refractivity contribution in [2.75, 3.05) is 13.7 Å². The Balaban J connectivity index is 2.81. The summed E-state index contributed by atoms with van der Waals surface area (Å²) in [7, 11) is -3.16. The van der Waals surface area contributed by atoms with E-state index in [0.29, 0.717) is 0 Å². The molecule has 0 saturated carbocycles. The first-order valence-electron chi connectivity index (χ1n) is 7.46. The van der Waals surface area contributed by atoms with E-state index in [9.17, 15) is 22.8 Å². The highest BCUT2D eigenvalue weighted by molar-refractivity contribution is 7.90. The van der Waals surface area contributed by atoms with Crippen molar-refractivity contribution in [3.63, 3.8) is 0 Å². The molecule has 2 N–H and O–H groups in total. The molecule has 0 aromatic heterocycles. The van der Waals surface area contributed by atoms with Gasteiger partial charge in [0.25, 0.3) is 15.9 Å². The van der Waals surface area contributed by atoms with Gasteiger partial charge in [0, 0.05) is 6.42 Å². The van der Waals surface area contributed by atoms with Crippen LogP contribution in [0.25, 0.3) is 0 Å². The number of nitrogens with one attached hydrogen (secondary N) is 2. The third-order valence-electron chi connectivity index (χ3n) is 2.97. The fraction of sp³-hybridized carbons (Fsp3) is 0.438. The highest BCUT2D eigenvalue weighted by atomic mass is 32.2. The fourth-order valence-electron chi connectivity index (χ4n) is 1.94. The first-order valence-corrected chi connectivity index (χ1v) is 8.94. The standard InChI is InChI=1S/C16H22N2O6S/c1-16(2,3)9-13(19)17-10-14(20)18-25(22,23)12-8-6-5-7-11(12)15(21)24-4/h5-8H,9-10H2,1-4H3,(H,17,19)(H,18,20). The summed E-state index contributed by atoms with van der Waals surface area (Å²) in [6.45, 7) is 5.09. The fourth-order valence-corrected chi connectivity index (χ4v) is 3.12. The van der Waals surface area contributed by atoms with E-state index in [1.807, 2.05) is 25.5 Å². The van der Waals surface area contributed by atoms with E-state index in [2.05, 4.69) is 10.1 Å². The number of esters is 1. The van der Waals surface area contributed by atoms with Gasteiger partial charge in [0.15, 0.2) is 0 Å². The second-order valence-electron chi connectivity index (χ2n) is 6.53. The van der Waals surface area contributed by atoms with Gasteiger partial charge in [0.05, 0.1) is 19.2 Å². The summed E-state index contributed by atoms with van der Waals surface area (Å²) in [5.74, 6) is -2.12. The number of methoxy groups -OCH3 is 1. The summed E-state index contributed by atoms with van der Waals surface area (Å²) in [6, 6.07) is 5.34. The van der Waals surface area contributed by atoms with Gasteiger partial charge in [-0.1, -0.05) is 32.9 Å². The van der Waals surface area contributed by atoms with Gasteiger partial charge in [0.2, 0.25) is 5.91 Å². The van der Waals surface area contributed by atoms with Gasteiger partial charge in [0.1, 0.15) is 4.90 Å². The Hall–Kier alpha value is -2.42. The Morgan fingerprint density at radius 3 is 2.24 bits per heavy atom.